The van der Waals surface area contributed by atoms with Crippen molar-refractivity contribution in [3.05, 3.63) is 54.1 Å². The fourth-order valence-corrected chi connectivity index (χ4v) is 4.78. The lowest BCUT2D eigenvalue weighted by Gasteiger charge is -2.20. The summed E-state index contributed by atoms with van der Waals surface area (Å²) in [5.74, 6) is -2.73. The number of hydrogen-bond acceptors (Lipinski definition) is 6. The molecule has 0 bridgehead atoms. The third-order valence-electron chi connectivity index (χ3n) is 4.77. The number of carboxylic acid groups (broad SMARTS) is 2. The molecule has 2 aromatic rings. The zero-order valence-corrected chi connectivity index (χ0v) is 18.4. The molecule has 0 saturated heterocycles. The second-order valence-corrected chi connectivity index (χ2v) is 9.04. The van der Waals surface area contributed by atoms with Crippen LogP contribution in [0.1, 0.15) is 17.9 Å². The number of carbonyl (C=O) groups is 2. The van der Waals surface area contributed by atoms with E-state index in [0.717, 1.165) is 30.0 Å². The first-order chi connectivity index (χ1) is 14.6. The molecule has 0 radical (unpaired) electrons. The van der Waals surface area contributed by atoms with Crippen LogP contribution in [0.3, 0.4) is 0 Å². The molecular formula is C21H26N2O7S. The summed E-state index contributed by atoms with van der Waals surface area (Å²) in [4.78, 5) is 20.6. The Morgan fingerprint density at radius 3 is 2.23 bits per heavy atom. The zero-order chi connectivity index (χ0) is 23.2. The predicted octanol–water partition coefficient (Wildman–Crippen LogP) is 2.10. The average molecular weight is 451 g/mol. The van der Waals surface area contributed by atoms with Crippen LogP contribution in [0.15, 0.2) is 53.4 Å². The van der Waals surface area contributed by atoms with Gasteiger partial charge in [0.15, 0.2) is 0 Å². The number of ether oxygens (including phenoxy) is 1. The topological polar surface area (TPSA) is 124 Å². The Hall–Kier alpha value is -3.11. The molecule has 0 spiro atoms. The molecule has 10 heteroatoms. The van der Waals surface area contributed by atoms with Gasteiger partial charge in [-0.1, -0.05) is 18.2 Å². The summed E-state index contributed by atoms with van der Waals surface area (Å²) in [5, 5.41) is 14.8. The van der Waals surface area contributed by atoms with Gasteiger partial charge < -0.3 is 19.8 Å². The van der Waals surface area contributed by atoms with Crippen LogP contribution in [0.5, 0.6) is 5.75 Å². The summed E-state index contributed by atoms with van der Waals surface area (Å²) in [6, 6.07) is 14.3. The largest absolute Gasteiger partial charge is 0.497 e. The van der Waals surface area contributed by atoms with Gasteiger partial charge in [0.25, 0.3) is 10.0 Å². The van der Waals surface area contributed by atoms with Crippen molar-refractivity contribution >= 4 is 27.6 Å². The number of methoxy groups -OCH3 is 1. The third kappa shape index (κ3) is 5.96. The number of benzene rings is 2. The van der Waals surface area contributed by atoms with E-state index in [1.54, 1.807) is 31.4 Å². The molecule has 1 unspecified atom stereocenters. The van der Waals surface area contributed by atoms with Gasteiger partial charge in [0, 0.05) is 12.5 Å². The van der Waals surface area contributed by atoms with Gasteiger partial charge in [-0.15, -0.1) is 0 Å². The first-order valence-corrected chi connectivity index (χ1v) is 10.9. The van der Waals surface area contributed by atoms with Crippen LogP contribution in [0.4, 0.5) is 5.69 Å². The number of sulfonamides is 1. The minimum atomic E-state index is -3.56. The standard InChI is InChI=1S/C19H24N2O3S.C2H2O4/c1-20(2)12-11-15-14-21(19-10-9-16(24-3)13-18(15)19)25(22,23)17-7-5-4-6-8-17;3-1(4)2(5)6/h4-10,13,15H,11-12,14H2,1-3H3;(H,3,4)(H,5,6). The second-order valence-electron chi connectivity index (χ2n) is 7.17. The normalized spacial score (nSPS) is 15.1. The molecule has 2 aromatic carbocycles. The smallest absolute Gasteiger partial charge is 0.414 e. The number of rotatable bonds is 6. The van der Waals surface area contributed by atoms with Crippen molar-refractivity contribution in [3.8, 4) is 5.75 Å². The minimum absolute atomic E-state index is 0.158. The number of nitrogens with zero attached hydrogens (tertiary/aromatic N) is 2. The van der Waals surface area contributed by atoms with E-state index in [2.05, 4.69) is 4.90 Å². The Morgan fingerprint density at radius 1 is 1.10 bits per heavy atom. The maximum absolute atomic E-state index is 13.1. The van der Waals surface area contributed by atoms with E-state index >= 15 is 0 Å². The fraction of sp³-hybridized carbons (Fsp3) is 0.333. The van der Waals surface area contributed by atoms with Crippen molar-refractivity contribution in [1.82, 2.24) is 4.90 Å². The summed E-state index contributed by atoms with van der Waals surface area (Å²) in [5.41, 5.74) is 1.80. The lowest BCUT2D eigenvalue weighted by atomic mass is 9.97. The number of aliphatic carboxylic acids is 2. The number of hydrogen-bond donors (Lipinski definition) is 2. The lowest BCUT2D eigenvalue weighted by Crippen LogP contribution is -2.30. The van der Waals surface area contributed by atoms with Crippen LogP contribution in [0, 0.1) is 0 Å². The highest BCUT2D eigenvalue weighted by molar-refractivity contribution is 7.92. The van der Waals surface area contributed by atoms with E-state index < -0.39 is 22.0 Å². The first-order valence-electron chi connectivity index (χ1n) is 9.44. The third-order valence-corrected chi connectivity index (χ3v) is 6.56. The molecule has 0 aliphatic carbocycles. The SMILES string of the molecule is COc1ccc2c(c1)C(CCN(C)C)CN2S(=O)(=O)c1ccccc1.O=C(O)C(=O)O. The Morgan fingerprint density at radius 2 is 1.71 bits per heavy atom. The van der Waals surface area contributed by atoms with E-state index in [9.17, 15) is 8.42 Å². The van der Waals surface area contributed by atoms with Crippen molar-refractivity contribution in [2.75, 3.05) is 38.6 Å². The molecule has 1 aliphatic heterocycles. The van der Waals surface area contributed by atoms with E-state index in [1.807, 2.05) is 38.4 Å². The van der Waals surface area contributed by atoms with Crippen LogP contribution < -0.4 is 9.04 Å². The average Bonchev–Trinajstić information content (AvgIpc) is 3.11. The van der Waals surface area contributed by atoms with Crippen molar-refractivity contribution in [3.63, 3.8) is 0 Å². The summed E-state index contributed by atoms with van der Waals surface area (Å²) >= 11 is 0. The molecule has 0 fully saturated rings. The summed E-state index contributed by atoms with van der Waals surface area (Å²) < 4.78 is 33.1. The van der Waals surface area contributed by atoms with Gasteiger partial charge in [-0.05, 0) is 63.0 Å². The molecule has 0 saturated carbocycles. The van der Waals surface area contributed by atoms with Crippen molar-refractivity contribution < 1.29 is 33.0 Å². The van der Waals surface area contributed by atoms with E-state index in [-0.39, 0.29) is 5.92 Å². The van der Waals surface area contributed by atoms with Gasteiger partial charge in [0.05, 0.1) is 17.7 Å². The molecular weight excluding hydrogens is 424 g/mol. The fourth-order valence-electron chi connectivity index (χ4n) is 3.22. The van der Waals surface area contributed by atoms with Crippen LogP contribution >= 0.6 is 0 Å². The Labute approximate surface area is 181 Å². The molecule has 3 rings (SSSR count). The molecule has 0 amide bonds. The summed E-state index contributed by atoms with van der Waals surface area (Å²) in [6.45, 7) is 1.37. The Balaban J connectivity index is 0.000000501. The molecule has 1 aliphatic rings. The summed E-state index contributed by atoms with van der Waals surface area (Å²) in [7, 11) is 2.12. The first kappa shape index (κ1) is 24.2. The van der Waals surface area contributed by atoms with Gasteiger partial charge in [-0.2, -0.15) is 0 Å². The molecule has 168 valence electrons. The zero-order valence-electron chi connectivity index (χ0n) is 17.6. The van der Waals surface area contributed by atoms with Gasteiger partial charge in [0.2, 0.25) is 0 Å². The van der Waals surface area contributed by atoms with Crippen LogP contribution in [0.2, 0.25) is 0 Å². The lowest BCUT2D eigenvalue weighted by molar-refractivity contribution is -0.159. The number of anilines is 1. The van der Waals surface area contributed by atoms with Crippen LogP contribution in [-0.4, -0.2) is 69.8 Å². The van der Waals surface area contributed by atoms with Gasteiger partial charge in [-0.25, -0.2) is 18.0 Å². The second kappa shape index (κ2) is 10.3. The highest BCUT2D eigenvalue weighted by atomic mass is 32.2. The van der Waals surface area contributed by atoms with Crippen molar-refractivity contribution in [1.29, 1.82) is 0 Å². The highest BCUT2D eigenvalue weighted by Crippen LogP contribution is 2.42. The Bertz CT molecular complexity index is 1010. The molecule has 0 aromatic heterocycles. The highest BCUT2D eigenvalue weighted by Gasteiger charge is 2.36. The van der Waals surface area contributed by atoms with Gasteiger partial charge in [-0.3, -0.25) is 4.31 Å². The monoisotopic (exact) mass is 450 g/mol. The minimum Gasteiger partial charge on any atom is -0.497 e. The van der Waals surface area contributed by atoms with Gasteiger partial charge >= 0.3 is 11.9 Å². The van der Waals surface area contributed by atoms with Crippen LogP contribution in [-0.2, 0) is 19.6 Å². The Kier molecular flexibility index (Phi) is 8.01. The number of carboxylic acids is 2. The molecule has 1 heterocycles. The molecule has 2 N–H and O–H groups in total. The summed E-state index contributed by atoms with van der Waals surface area (Å²) in [6.07, 6.45) is 0.897. The number of fused-ring (bicyclic) bond motifs is 1. The van der Waals surface area contributed by atoms with E-state index in [1.165, 1.54) is 4.31 Å². The molecule has 1 atom stereocenters. The van der Waals surface area contributed by atoms with E-state index in [4.69, 9.17) is 24.5 Å². The maximum Gasteiger partial charge on any atom is 0.414 e. The maximum atomic E-state index is 13.1. The van der Waals surface area contributed by atoms with Crippen LogP contribution in [0.25, 0.3) is 0 Å². The van der Waals surface area contributed by atoms with Gasteiger partial charge in [0.1, 0.15) is 5.75 Å². The quantitative estimate of drug-likeness (QED) is 0.641. The van der Waals surface area contributed by atoms with Crippen molar-refractivity contribution in [2.24, 2.45) is 0 Å². The van der Waals surface area contributed by atoms with E-state index in [0.29, 0.717) is 11.4 Å². The molecule has 9 nitrogen and oxygen atoms in total. The predicted molar refractivity (Wildman–Crippen MR) is 115 cm³/mol. The van der Waals surface area contributed by atoms with Crippen molar-refractivity contribution in [2.45, 2.75) is 17.2 Å². The molecule has 31 heavy (non-hydrogen) atoms.